The van der Waals surface area contributed by atoms with Gasteiger partial charge in [-0.25, -0.2) is 0 Å². The van der Waals surface area contributed by atoms with Crippen molar-refractivity contribution in [3.63, 3.8) is 0 Å². The molecule has 0 radical (unpaired) electrons. The summed E-state index contributed by atoms with van der Waals surface area (Å²) in [4.78, 5) is 0. The first kappa shape index (κ1) is 25.7. The fourth-order valence-corrected chi connectivity index (χ4v) is 2.67. The van der Waals surface area contributed by atoms with Gasteiger partial charge in [0, 0.05) is 10.0 Å². The summed E-state index contributed by atoms with van der Waals surface area (Å²) in [5.74, 6) is -30.6. The Bertz CT molecular complexity index is 713. The molecule has 0 aromatic heterocycles. The van der Waals surface area contributed by atoms with Crippen LogP contribution in [-0.2, 0) is 5.60 Å². The van der Waals surface area contributed by atoms with Crippen LogP contribution in [0.3, 0.4) is 0 Å². The first-order valence-electron chi connectivity index (χ1n) is 6.64. The number of aliphatic hydroxyl groups is 1. The van der Waals surface area contributed by atoms with E-state index in [1.807, 2.05) is 0 Å². The summed E-state index contributed by atoms with van der Waals surface area (Å²) in [5, 5.41) is 9.63. The molecule has 168 valence electrons. The minimum absolute atomic E-state index is 0.259. The number of alkyl halides is 14. The molecule has 1 rings (SSSR count). The summed E-state index contributed by atoms with van der Waals surface area (Å²) in [7, 11) is 0. The van der Waals surface area contributed by atoms with Gasteiger partial charge >= 0.3 is 36.0 Å². The fourth-order valence-electron chi connectivity index (χ4n) is 2.10. The van der Waals surface area contributed by atoms with Crippen molar-refractivity contribution in [3.8, 4) is 0 Å². The monoisotopic (exact) mass is 522 g/mol. The molecule has 0 spiro atoms. The van der Waals surface area contributed by atoms with Crippen LogP contribution in [0.2, 0.25) is 0 Å². The first-order chi connectivity index (χ1) is 12.5. The van der Waals surface area contributed by atoms with Crippen molar-refractivity contribution >= 4 is 15.9 Å². The molecule has 0 saturated carbocycles. The van der Waals surface area contributed by atoms with E-state index in [1.54, 1.807) is 0 Å². The Labute approximate surface area is 159 Å². The van der Waals surface area contributed by atoms with Gasteiger partial charge in [-0.15, -0.1) is 0 Å². The van der Waals surface area contributed by atoms with Gasteiger partial charge in [0.05, 0.1) is 0 Å². The van der Waals surface area contributed by atoms with Gasteiger partial charge in [-0.1, -0.05) is 34.1 Å². The van der Waals surface area contributed by atoms with Crippen molar-refractivity contribution in [2.45, 2.75) is 41.6 Å². The van der Waals surface area contributed by atoms with E-state index < -0.39 is 51.7 Å². The van der Waals surface area contributed by atoms with Crippen molar-refractivity contribution in [1.29, 1.82) is 0 Å². The van der Waals surface area contributed by atoms with E-state index in [4.69, 9.17) is 0 Å². The largest absolute Gasteiger partial charge is 0.460 e. The number of hydrogen-bond donors (Lipinski definition) is 1. The van der Waals surface area contributed by atoms with Crippen molar-refractivity contribution in [3.05, 3.63) is 34.3 Å². The smallest absolute Gasteiger partial charge is 0.374 e. The predicted octanol–water partition coefficient (Wildman–Crippen LogP) is 6.30. The van der Waals surface area contributed by atoms with Crippen LogP contribution in [0.4, 0.5) is 61.5 Å². The number of halogens is 15. The maximum Gasteiger partial charge on any atom is 0.460 e. The molecule has 0 aliphatic carbocycles. The van der Waals surface area contributed by atoms with Crippen molar-refractivity contribution in [1.82, 2.24) is 0 Å². The Kier molecular flexibility index (Phi) is 6.07. The number of rotatable bonds is 5. The van der Waals surface area contributed by atoms with Gasteiger partial charge in [0.15, 0.2) is 0 Å². The molecule has 0 aliphatic rings. The average molecular weight is 523 g/mol. The molecule has 16 heteroatoms. The predicted molar refractivity (Wildman–Crippen MR) is 69.9 cm³/mol. The number of hydrogen-bond acceptors (Lipinski definition) is 1. The van der Waals surface area contributed by atoms with E-state index in [0.29, 0.717) is 18.2 Å². The van der Waals surface area contributed by atoms with E-state index in [2.05, 4.69) is 15.9 Å². The van der Waals surface area contributed by atoms with E-state index in [0.717, 1.165) is 0 Å². The lowest BCUT2D eigenvalue weighted by Crippen LogP contribution is -2.74. The summed E-state index contributed by atoms with van der Waals surface area (Å²) in [5.41, 5.74) is -9.18. The SMILES string of the molecule is OC(c1ccccc1Br)(C(F)(F)C(F)(F)C(F)(F)F)C(F)(F)C(F)(F)C(F)(F)F. The van der Waals surface area contributed by atoms with Gasteiger partial charge < -0.3 is 5.11 Å². The molecular formula is C13H5BrF14O. The van der Waals surface area contributed by atoms with E-state index in [1.165, 1.54) is 0 Å². The van der Waals surface area contributed by atoms with Crippen LogP contribution in [0.5, 0.6) is 0 Å². The lowest BCUT2D eigenvalue weighted by atomic mass is 9.76. The molecule has 0 amide bonds. The zero-order valence-electron chi connectivity index (χ0n) is 12.9. The molecule has 0 bridgehead atoms. The Balaban J connectivity index is 4.11. The maximum atomic E-state index is 14.1. The second-order valence-corrected chi connectivity index (χ2v) is 6.34. The van der Waals surface area contributed by atoms with Crippen molar-refractivity contribution < 1.29 is 66.6 Å². The van der Waals surface area contributed by atoms with Gasteiger partial charge in [-0.2, -0.15) is 61.5 Å². The Morgan fingerprint density at radius 3 is 1.14 bits per heavy atom. The summed E-state index contributed by atoms with van der Waals surface area (Å²) in [6.07, 6.45) is -14.9. The molecule has 0 aliphatic heterocycles. The van der Waals surface area contributed by atoms with Crippen LogP contribution >= 0.6 is 15.9 Å². The van der Waals surface area contributed by atoms with Crippen molar-refractivity contribution in [2.24, 2.45) is 0 Å². The van der Waals surface area contributed by atoms with Gasteiger partial charge in [0.2, 0.25) is 5.60 Å². The molecule has 1 aromatic rings. The normalized spacial score (nSPS) is 15.6. The molecule has 1 N–H and O–H groups in total. The molecule has 0 saturated heterocycles. The highest BCUT2D eigenvalue weighted by molar-refractivity contribution is 9.10. The van der Waals surface area contributed by atoms with Gasteiger partial charge in [0.25, 0.3) is 0 Å². The Morgan fingerprint density at radius 1 is 0.552 bits per heavy atom. The van der Waals surface area contributed by atoms with Crippen molar-refractivity contribution in [2.75, 3.05) is 0 Å². The highest BCUT2D eigenvalue weighted by Gasteiger charge is 2.91. The molecule has 1 aromatic carbocycles. The molecule has 0 heterocycles. The van der Waals surface area contributed by atoms with Crippen LogP contribution in [0.15, 0.2) is 28.7 Å². The summed E-state index contributed by atoms with van der Waals surface area (Å²) >= 11 is 2.07. The average Bonchev–Trinajstić information content (AvgIpc) is 2.51. The highest BCUT2D eigenvalue weighted by atomic mass is 79.9. The highest BCUT2D eigenvalue weighted by Crippen LogP contribution is 2.64. The minimum atomic E-state index is -7.67. The first-order valence-corrected chi connectivity index (χ1v) is 7.43. The van der Waals surface area contributed by atoms with E-state index in [-0.39, 0.29) is 6.07 Å². The van der Waals surface area contributed by atoms with Gasteiger partial charge in [0.1, 0.15) is 0 Å². The standard InChI is InChI=1S/C13H5BrF14O/c14-6-4-2-1-3-5(6)7(29,8(15,16)10(19,20)12(23,24)25)9(17,18)11(21,22)13(26,27)28/h1-4,29H. The third-order valence-electron chi connectivity index (χ3n) is 3.67. The zero-order valence-corrected chi connectivity index (χ0v) is 14.5. The maximum absolute atomic E-state index is 14.1. The topological polar surface area (TPSA) is 20.2 Å². The molecule has 0 fully saturated rings. The Morgan fingerprint density at radius 2 is 0.862 bits per heavy atom. The van der Waals surface area contributed by atoms with E-state index >= 15 is 0 Å². The fraction of sp³-hybridized carbons (Fsp3) is 0.538. The lowest BCUT2D eigenvalue weighted by molar-refractivity contribution is -0.454. The second-order valence-electron chi connectivity index (χ2n) is 5.48. The molecule has 0 unspecified atom stereocenters. The third kappa shape index (κ3) is 3.35. The van der Waals surface area contributed by atoms with Crippen LogP contribution in [0.1, 0.15) is 5.56 Å². The molecular weight excluding hydrogens is 518 g/mol. The summed E-state index contributed by atoms with van der Waals surface area (Å²) in [6.45, 7) is 0. The quantitative estimate of drug-likeness (QED) is 0.450. The third-order valence-corrected chi connectivity index (χ3v) is 4.36. The minimum Gasteiger partial charge on any atom is -0.374 e. The molecule has 29 heavy (non-hydrogen) atoms. The van der Waals surface area contributed by atoms with E-state index in [9.17, 15) is 66.6 Å². The van der Waals surface area contributed by atoms with Crippen LogP contribution in [0, 0.1) is 0 Å². The molecule has 1 nitrogen and oxygen atoms in total. The zero-order chi connectivity index (χ0) is 23.5. The van der Waals surface area contributed by atoms with Crippen LogP contribution in [0.25, 0.3) is 0 Å². The lowest BCUT2D eigenvalue weighted by Gasteiger charge is -2.46. The number of benzene rings is 1. The van der Waals surface area contributed by atoms with Crippen LogP contribution < -0.4 is 0 Å². The summed E-state index contributed by atoms with van der Waals surface area (Å²) < 4.78 is 183. The van der Waals surface area contributed by atoms with Gasteiger partial charge in [-0.3, -0.25) is 0 Å². The Hall–Kier alpha value is -1.32. The molecule has 0 atom stereocenters. The summed E-state index contributed by atoms with van der Waals surface area (Å²) in [6, 6.07) is 1.12. The van der Waals surface area contributed by atoms with Gasteiger partial charge in [-0.05, 0) is 6.07 Å². The van der Waals surface area contributed by atoms with Crippen LogP contribution in [-0.4, -0.2) is 41.1 Å². The second kappa shape index (κ2) is 6.85.